The van der Waals surface area contributed by atoms with E-state index in [1.807, 2.05) is 31.2 Å². The number of rotatable bonds is 5. The fourth-order valence-electron chi connectivity index (χ4n) is 1.23. The zero-order valence-corrected chi connectivity index (χ0v) is 10.5. The molecule has 0 aliphatic carbocycles. The first-order valence-corrected chi connectivity index (χ1v) is 6.25. The van der Waals surface area contributed by atoms with Crippen molar-refractivity contribution < 1.29 is 4.79 Å². The van der Waals surface area contributed by atoms with Gasteiger partial charge in [0.25, 0.3) is 0 Å². The Morgan fingerprint density at radius 2 is 2.35 bits per heavy atom. The summed E-state index contributed by atoms with van der Waals surface area (Å²) in [4.78, 5) is 12.3. The molecule has 90 valence electrons. The largest absolute Gasteiger partial charge is 0.398 e. The third-order valence-electron chi connectivity index (χ3n) is 2.20. The molecule has 3 N–H and O–H groups in total. The Kier molecular flexibility index (Phi) is 5.37. The average molecular weight is 249 g/mol. The summed E-state index contributed by atoms with van der Waals surface area (Å²) in [6.07, 6.45) is 0.336. The molecule has 0 heterocycles. The lowest BCUT2D eigenvalue weighted by atomic mass is 10.2. The quantitative estimate of drug-likeness (QED) is 0.473. The number of carbonyl (C=O) groups excluding carboxylic acids is 1. The molecule has 0 radical (unpaired) electrons. The number of nitriles is 1. The Balaban J connectivity index is 2.43. The predicted octanol–water partition coefficient (Wildman–Crippen LogP) is 1.70. The number of nitrogens with zero attached hydrogens (tertiary/aromatic N) is 1. The maximum absolute atomic E-state index is 11.4. The molecule has 17 heavy (non-hydrogen) atoms. The molecule has 5 heteroatoms. The molecule has 1 aromatic rings. The van der Waals surface area contributed by atoms with Crippen LogP contribution in [0.5, 0.6) is 0 Å². The molecule has 1 amide bonds. The van der Waals surface area contributed by atoms with Gasteiger partial charge in [0.05, 0.1) is 18.2 Å². The molecular weight excluding hydrogens is 234 g/mol. The fourth-order valence-corrected chi connectivity index (χ4v) is 2.11. The smallest absolute Gasteiger partial charge is 0.230 e. The fraction of sp³-hybridized carbons (Fsp3) is 0.333. The molecule has 0 atom stereocenters. The Bertz CT molecular complexity index is 440. The number of nitrogen functional groups attached to an aromatic ring is 1. The highest BCUT2D eigenvalue weighted by Crippen LogP contribution is 2.26. The maximum Gasteiger partial charge on any atom is 0.230 e. The van der Waals surface area contributed by atoms with Crippen LogP contribution in [0.4, 0.5) is 5.69 Å². The van der Waals surface area contributed by atoms with Crippen molar-refractivity contribution in [3.63, 3.8) is 0 Å². The molecule has 0 bridgehead atoms. The van der Waals surface area contributed by atoms with Crippen molar-refractivity contribution in [2.24, 2.45) is 0 Å². The van der Waals surface area contributed by atoms with Gasteiger partial charge in [-0.15, -0.1) is 11.8 Å². The molecule has 1 rings (SSSR count). The summed E-state index contributed by atoms with van der Waals surface area (Å²) < 4.78 is 0. The van der Waals surface area contributed by atoms with Crippen LogP contribution >= 0.6 is 11.8 Å². The van der Waals surface area contributed by atoms with Gasteiger partial charge in [-0.2, -0.15) is 5.26 Å². The van der Waals surface area contributed by atoms with Crippen LogP contribution in [0.15, 0.2) is 23.1 Å². The Morgan fingerprint density at radius 3 is 3.06 bits per heavy atom. The van der Waals surface area contributed by atoms with Gasteiger partial charge in [0.15, 0.2) is 0 Å². The second kappa shape index (κ2) is 6.81. The van der Waals surface area contributed by atoms with Crippen molar-refractivity contribution in [3.05, 3.63) is 23.8 Å². The molecule has 0 fully saturated rings. The zero-order valence-electron chi connectivity index (χ0n) is 9.69. The van der Waals surface area contributed by atoms with Gasteiger partial charge in [0, 0.05) is 17.1 Å². The van der Waals surface area contributed by atoms with E-state index in [-0.39, 0.29) is 5.91 Å². The van der Waals surface area contributed by atoms with Crippen LogP contribution in [0.3, 0.4) is 0 Å². The summed E-state index contributed by atoms with van der Waals surface area (Å²) in [7, 11) is 0. The summed E-state index contributed by atoms with van der Waals surface area (Å²) in [5.74, 6) is 0.241. The lowest BCUT2D eigenvalue weighted by Crippen LogP contribution is -2.25. The molecule has 0 saturated heterocycles. The van der Waals surface area contributed by atoms with Crippen LogP contribution in [0, 0.1) is 18.3 Å². The van der Waals surface area contributed by atoms with Crippen molar-refractivity contribution in [1.29, 1.82) is 5.26 Å². The molecule has 0 aliphatic rings. The third-order valence-corrected chi connectivity index (χ3v) is 3.28. The zero-order chi connectivity index (χ0) is 12.7. The van der Waals surface area contributed by atoms with E-state index in [9.17, 15) is 4.79 Å². The summed E-state index contributed by atoms with van der Waals surface area (Å²) in [6, 6.07) is 7.73. The van der Waals surface area contributed by atoms with Crippen molar-refractivity contribution in [3.8, 4) is 6.07 Å². The first-order chi connectivity index (χ1) is 8.15. The molecule has 0 aliphatic heterocycles. The van der Waals surface area contributed by atoms with E-state index < -0.39 is 0 Å². The van der Waals surface area contributed by atoms with Gasteiger partial charge in [-0.1, -0.05) is 12.1 Å². The summed E-state index contributed by atoms with van der Waals surface area (Å²) >= 11 is 1.41. The number of benzene rings is 1. The molecule has 0 aromatic heterocycles. The summed E-state index contributed by atoms with van der Waals surface area (Å²) in [5.41, 5.74) is 7.63. The highest BCUT2D eigenvalue weighted by atomic mass is 32.2. The number of nitrogens with one attached hydrogen (secondary N) is 1. The maximum atomic E-state index is 11.4. The summed E-state index contributed by atoms with van der Waals surface area (Å²) in [6.45, 7) is 2.34. The number of anilines is 1. The van der Waals surface area contributed by atoms with Crippen LogP contribution in [-0.2, 0) is 4.79 Å². The number of aryl methyl sites for hydroxylation is 1. The van der Waals surface area contributed by atoms with Gasteiger partial charge in [-0.3, -0.25) is 4.79 Å². The lowest BCUT2D eigenvalue weighted by Gasteiger charge is -2.07. The number of carbonyl (C=O) groups is 1. The highest BCUT2D eigenvalue weighted by molar-refractivity contribution is 8.00. The van der Waals surface area contributed by atoms with E-state index >= 15 is 0 Å². The molecule has 1 aromatic carbocycles. The Morgan fingerprint density at radius 1 is 1.59 bits per heavy atom. The van der Waals surface area contributed by atoms with Gasteiger partial charge >= 0.3 is 0 Å². The third kappa shape index (κ3) is 4.37. The van der Waals surface area contributed by atoms with Crippen LogP contribution in [0.25, 0.3) is 0 Å². The van der Waals surface area contributed by atoms with E-state index in [1.54, 1.807) is 0 Å². The van der Waals surface area contributed by atoms with Crippen molar-refractivity contribution in [2.45, 2.75) is 18.2 Å². The topological polar surface area (TPSA) is 78.9 Å². The van der Waals surface area contributed by atoms with Crippen LogP contribution in [0.1, 0.15) is 12.0 Å². The van der Waals surface area contributed by atoms with Crippen molar-refractivity contribution in [1.82, 2.24) is 5.32 Å². The number of hydrogen-bond acceptors (Lipinski definition) is 4. The van der Waals surface area contributed by atoms with Gasteiger partial charge in [-0.05, 0) is 18.6 Å². The molecule has 0 spiro atoms. The van der Waals surface area contributed by atoms with Gasteiger partial charge in [0.2, 0.25) is 5.91 Å². The normalized spacial score (nSPS) is 9.65. The van der Waals surface area contributed by atoms with E-state index in [0.29, 0.717) is 18.7 Å². The molecular formula is C12H15N3OS. The number of amides is 1. The van der Waals surface area contributed by atoms with Crippen LogP contribution in [0.2, 0.25) is 0 Å². The highest BCUT2D eigenvalue weighted by Gasteiger charge is 2.05. The SMILES string of the molecule is Cc1cccc(SCC(=O)NCCC#N)c1N. The first kappa shape index (κ1) is 13.4. The number of thioether (sulfide) groups is 1. The van der Waals surface area contributed by atoms with E-state index in [2.05, 4.69) is 5.32 Å². The molecule has 0 saturated carbocycles. The minimum absolute atomic E-state index is 0.0776. The second-order valence-corrected chi connectivity index (χ2v) is 4.55. The monoisotopic (exact) mass is 249 g/mol. The van der Waals surface area contributed by atoms with Gasteiger partial charge in [0.1, 0.15) is 0 Å². The molecule has 4 nitrogen and oxygen atoms in total. The number of nitrogens with two attached hydrogens (primary N) is 1. The summed E-state index contributed by atoms with van der Waals surface area (Å²) in [5, 5.41) is 11.0. The van der Waals surface area contributed by atoms with Gasteiger partial charge in [-0.25, -0.2) is 0 Å². The Hall–Kier alpha value is -1.67. The van der Waals surface area contributed by atoms with E-state index in [0.717, 1.165) is 16.1 Å². The van der Waals surface area contributed by atoms with E-state index in [4.69, 9.17) is 11.0 Å². The first-order valence-electron chi connectivity index (χ1n) is 5.26. The molecule has 0 unspecified atom stereocenters. The number of para-hydroxylation sites is 1. The minimum atomic E-state index is -0.0776. The predicted molar refractivity (Wildman–Crippen MR) is 69.6 cm³/mol. The minimum Gasteiger partial charge on any atom is -0.398 e. The van der Waals surface area contributed by atoms with Crippen LogP contribution < -0.4 is 11.1 Å². The van der Waals surface area contributed by atoms with Gasteiger partial charge < -0.3 is 11.1 Å². The second-order valence-electron chi connectivity index (χ2n) is 3.53. The van der Waals surface area contributed by atoms with Crippen LogP contribution in [-0.4, -0.2) is 18.2 Å². The Labute approximate surface area is 105 Å². The van der Waals surface area contributed by atoms with Crippen molar-refractivity contribution >= 4 is 23.4 Å². The lowest BCUT2D eigenvalue weighted by molar-refractivity contribution is -0.118. The standard InChI is InChI=1S/C12H15N3OS/c1-9-4-2-5-10(12(9)14)17-8-11(16)15-7-3-6-13/h2,4-5H,3,7-8,14H2,1H3,(H,15,16). The van der Waals surface area contributed by atoms with Crippen molar-refractivity contribution in [2.75, 3.05) is 18.0 Å². The average Bonchev–Trinajstić information content (AvgIpc) is 2.31. The number of hydrogen-bond donors (Lipinski definition) is 2. The van der Waals surface area contributed by atoms with E-state index in [1.165, 1.54) is 11.8 Å².